The second-order valence-electron chi connectivity index (χ2n) is 6.26. The monoisotopic (exact) mass is 454 g/mol. The maximum Gasteiger partial charge on any atom is 0.251 e. The Kier molecular flexibility index (Phi) is 6.48. The maximum atomic E-state index is 12.8. The van der Waals surface area contributed by atoms with Gasteiger partial charge in [-0.3, -0.25) is 4.79 Å². The van der Waals surface area contributed by atoms with E-state index in [-0.39, 0.29) is 22.0 Å². The molecule has 0 aliphatic carbocycles. The zero-order valence-electron chi connectivity index (χ0n) is 15.9. The summed E-state index contributed by atoms with van der Waals surface area (Å²) >= 11 is 12.1. The predicted octanol–water partition coefficient (Wildman–Crippen LogP) is 3.60. The van der Waals surface area contributed by atoms with Crippen LogP contribution in [0.4, 0.5) is 0 Å². The summed E-state index contributed by atoms with van der Waals surface area (Å²) < 4.78 is 28.6. The highest BCUT2D eigenvalue weighted by Crippen LogP contribution is 2.26. The number of fused-ring (bicyclic) bond motifs is 1. The number of hydrogen-bond acceptors (Lipinski definition) is 4. The number of hydrogen-bond donors (Lipinski definition) is 1. The normalized spacial score (nSPS) is 11.9. The van der Waals surface area contributed by atoms with Crippen LogP contribution in [0.25, 0.3) is 5.65 Å². The Hall–Kier alpha value is -2.13. The summed E-state index contributed by atoms with van der Waals surface area (Å²) in [5, 5.41) is 3.40. The molecule has 154 valence electrons. The first-order chi connectivity index (χ1) is 13.8. The molecule has 3 aromatic rings. The lowest BCUT2D eigenvalue weighted by Gasteiger charge is -2.19. The second kappa shape index (κ2) is 8.71. The lowest BCUT2D eigenvalue weighted by atomic mass is 10.2. The van der Waals surface area contributed by atoms with Gasteiger partial charge in [-0.15, -0.1) is 0 Å². The molecule has 29 heavy (non-hydrogen) atoms. The Morgan fingerprint density at radius 2 is 1.86 bits per heavy atom. The minimum absolute atomic E-state index is 0.0747. The molecule has 10 heteroatoms. The van der Waals surface area contributed by atoms with Gasteiger partial charge in [-0.2, -0.15) is 4.31 Å². The Morgan fingerprint density at radius 3 is 2.55 bits per heavy atom. The molecular weight excluding hydrogens is 435 g/mol. The average Bonchev–Trinajstić information content (AvgIpc) is 3.09. The first kappa shape index (κ1) is 21.6. The van der Waals surface area contributed by atoms with Crippen molar-refractivity contribution in [2.75, 3.05) is 13.1 Å². The third kappa shape index (κ3) is 4.56. The molecule has 1 amide bonds. The van der Waals surface area contributed by atoms with Crippen LogP contribution in [0.15, 0.2) is 47.6 Å². The number of benzene rings is 1. The molecule has 0 fully saturated rings. The number of aromatic nitrogens is 2. The van der Waals surface area contributed by atoms with Crippen molar-refractivity contribution in [3.63, 3.8) is 0 Å². The van der Waals surface area contributed by atoms with Gasteiger partial charge >= 0.3 is 0 Å². The number of sulfonamides is 1. The standard InChI is InChI=1S/C19H20Cl2N4O3S/c1-3-25(4-2)29(27,28)17-9-13(5-7-16(17)21)19(26)22-10-15-12-24-11-14(20)6-8-18(24)23-15/h5-9,11-12H,3-4,10H2,1-2H3,(H,22,26). The van der Waals surface area contributed by atoms with Crippen LogP contribution in [-0.4, -0.2) is 41.1 Å². The number of pyridine rings is 1. The SMILES string of the molecule is CCN(CC)S(=O)(=O)c1cc(C(=O)NCc2cn3cc(Cl)ccc3n2)ccc1Cl. The van der Waals surface area contributed by atoms with E-state index in [2.05, 4.69) is 10.3 Å². The van der Waals surface area contributed by atoms with Gasteiger partial charge in [0.25, 0.3) is 5.91 Å². The van der Waals surface area contributed by atoms with E-state index in [1.54, 1.807) is 42.8 Å². The van der Waals surface area contributed by atoms with Gasteiger partial charge in [0.2, 0.25) is 10.0 Å². The van der Waals surface area contributed by atoms with Crippen molar-refractivity contribution < 1.29 is 13.2 Å². The third-order valence-corrected chi connectivity index (χ3v) is 7.17. The molecule has 1 N–H and O–H groups in total. The highest BCUT2D eigenvalue weighted by molar-refractivity contribution is 7.89. The van der Waals surface area contributed by atoms with Crippen LogP contribution in [0.2, 0.25) is 10.0 Å². The number of carbonyl (C=O) groups is 1. The zero-order chi connectivity index (χ0) is 21.2. The highest BCUT2D eigenvalue weighted by atomic mass is 35.5. The van der Waals surface area contributed by atoms with Crippen molar-refractivity contribution in [3.05, 3.63) is 64.0 Å². The minimum Gasteiger partial charge on any atom is -0.346 e. The summed E-state index contributed by atoms with van der Waals surface area (Å²) in [7, 11) is -3.78. The van der Waals surface area contributed by atoms with Crippen molar-refractivity contribution >= 4 is 44.8 Å². The van der Waals surface area contributed by atoms with Gasteiger partial charge in [-0.1, -0.05) is 37.0 Å². The molecule has 0 saturated carbocycles. The molecule has 7 nitrogen and oxygen atoms in total. The molecule has 0 radical (unpaired) electrons. The summed E-state index contributed by atoms with van der Waals surface area (Å²) in [4.78, 5) is 16.9. The molecule has 2 aromatic heterocycles. The quantitative estimate of drug-likeness (QED) is 0.590. The van der Waals surface area contributed by atoms with Crippen LogP contribution >= 0.6 is 23.2 Å². The van der Waals surface area contributed by atoms with Crippen LogP contribution in [0.5, 0.6) is 0 Å². The average molecular weight is 455 g/mol. The van der Waals surface area contributed by atoms with Gasteiger partial charge in [0, 0.05) is 31.0 Å². The van der Waals surface area contributed by atoms with Crippen LogP contribution in [0, 0.1) is 0 Å². The fraction of sp³-hybridized carbons (Fsp3) is 0.263. The molecular formula is C19H20Cl2N4O3S. The Morgan fingerprint density at radius 1 is 1.14 bits per heavy atom. The van der Waals surface area contributed by atoms with Crippen molar-refractivity contribution in [2.45, 2.75) is 25.3 Å². The summed E-state index contributed by atoms with van der Waals surface area (Å²) in [6.07, 6.45) is 3.48. The number of amides is 1. The van der Waals surface area contributed by atoms with Gasteiger partial charge in [-0.25, -0.2) is 13.4 Å². The summed E-state index contributed by atoms with van der Waals surface area (Å²) in [5.41, 5.74) is 1.55. The first-order valence-corrected chi connectivity index (χ1v) is 11.2. The molecule has 0 atom stereocenters. The Balaban J connectivity index is 1.80. The smallest absolute Gasteiger partial charge is 0.251 e. The van der Waals surface area contributed by atoms with E-state index in [0.717, 1.165) is 0 Å². The third-order valence-electron chi connectivity index (χ3n) is 4.41. The van der Waals surface area contributed by atoms with Gasteiger partial charge in [-0.05, 0) is 30.3 Å². The van der Waals surface area contributed by atoms with E-state index in [4.69, 9.17) is 23.2 Å². The molecule has 3 rings (SSSR count). The van der Waals surface area contributed by atoms with Crippen LogP contribution in [0.3, 0.4) is 0 Å². The van der Waals surface area contributed by atoms with E-state index >= 15 is 0 Å². The number of imidazole rings is 1. The number of rotatable bonds is 7. The Labute approximate surface area is 179 Å². The topological polar surface area (TPSA) is 83.8 Å². The van der Waals surface area contributed by atoms with Gasteiger partial charge in [0.15, 0.2) is 0 Å². The summed E-state index contributed by atoms with van der Waals surface area (Å²) in [6, 6.07) is 7.71. The Bertz CT molecular complexity index is 1160. The number of nitrogens with zero attached hydrogens (tertiary/aromatic N) is 3. The number of nitrogens with one attached hydrogen (secondary N) is 1. The summed E-state index contributed by atoms with van der Waals surface area (Å²) in [6.45, 7) is 4.28. The molecule has 0 aliphatic heterocycles. The van der Waals surface area contributed by atoms with Gasteiger partial charge in [0.05, 0.1) is 22.3 Å². The predicted molar refractivity (Wildman–Crippen MR) is 113 cm³/mol. The van der Waals surface area contributed by atoms with Crippen LogP contribution in [0.1, 0.15) is 29.9 Å². The van der Waals surface area contributed by atoms with Crippen molar-refractivity contribution in [1.29, 1.82) is 0 Å². The highest BCUT2D eigenvalue weighted by Gasteiger charge is 2.25. The molecule has 0 spiro atoms. The molecule has 2 heterocycles. The molecule has 0 unspecified atom stereocenters. The zero-order valence-corrected chi connectivity index (χ0v) is 18.2. The van der Waals surface area contributed by atoms with Gasteiger partial charge in [0.1, 0.15) is 10.5 Å². The van der Waals surface area contributed by atoms with Crippen LogP contribution < -0.4 is 5.32 Å². The second-order valence-corrected chi connectivity index (χ2v) is 9.01. The molecule has 1 aromatic carbocycles. The lowest BCUT2D eigenvalue weighted by Crippen LogP contribution is -2.31. The van der Waals surface area contributed by atoms with Crippen molar-refractivity contribution in [2.24, 2.45) is 0 Å². The van der Waals surface area contributed by atoms with E-state index in [1.165, 1.54) is 22.5 Å². The molecule has 0 bridgehead atoms. The van der Waals surface area contributed by atoms with Crippen molar-refractivity contribution in [1.82, 2.24) is 19.0 Å². The van der Waals surface area contributed by atoms with E-state index < -0.39 is 15.9 Å². The summed E-state index contributed by atoms with van der Waals surface area (Å²) in [5.74, 6) is -0.423. The largest absolute Gasteiger partial charge is 0.346 e. The molecule has 0 aliphatic rings. The van der Waals surface area contributed by atoms with E-state index in [9.17, 15) is 13.2 Å². The van der Waals surface area contributed by atoms with E-state index in [0.29, 0.717) is 29.5 Å². The maximum absolute atomic E-state index is 12.8. The van der Waals surface area contributed by atoms with Gasteiger partial charge < -0.3 is 9.72 Å². The minimum atomic E-state index is -3.78. The molecule has 0 saturated heterocycles. The number of halogens is 2. The first-order valence-electron chi connectivity index (χ1n) is 8.97. The van der Waals surface area contributed by atoms with E-state index in [1.807, 2.05) is 0 Å². The fourth-order valence-electron chi connectivity index (χ4n) is 2.92. The fourth-order valence-corrected chi connectivity index (χ4v) is 5.05. The van der Waals surface area contributed by atoms with Crippen molar-refractivity contribution in [3.8, 4) is 0 Å². The lowest BCUT2D eigenvalue weighted by molar-refractivity contribution is 0.0950. The van der Waals surface area contributed by atoms with Crippen LogP contribution in [-0.2, 0) is 16.6 Å². The number of carbonyl (C=O) groups excluding carboxylic acids is 1.